The summed E-state index contributed by atoms with van der Waals surface area (Å²) in [4.78, 5) is 25.1. The van der Waals surface area contributed by atoms with Crippen molar-refractivity contribution in [1.82, 2.24) is 0 Å². The number of hydrogen-bond acceptors (Lipinski definition) is 3. The first-order valence-corrected chi connectivity index (χ1v) is 12.2. The van der Waals surface area contributed by atoms with E-state index < -0.39 is 17.9 Å². The molecule has 0 aromatic heterocycles. The zero-order chi connectivity index (χ0) is 22.2. The summed E-state index contributed by atoms with van der Waals surface area (Å²) in [5.74, 6) is -2.71. The Morgan fingerprint density at radius 3 is 1.97 bits per heavy atom. The lowest BCUT2D eigenvalue weighted by atomic mass is 9.62. The van der Waals surface area contributed by atoms with Crippen molar-refractivity contribution in [2.24, 2.45) is 5.92 Å². The molecule has 0 bridgehead atoms. The largest absolute Gasteiger partial charge is 0.481 e. The molecule has 1 spiro atoms. The van der Waals surface area contributed by atoms with Crippen LogP contribution in [-0.2, 0) is 15.0 Å². The Hall–Kier alpha value is -1.86. The van der Waals surface area contributed by atoms with E-state index in [-0.39, 0.29) is 24.8 Å². The van der Waals surface area contributed by atoms with Gasteiger partial charge in [0.25, 0.3) is 0 Å². The number of carbonyl (C=O) groups is 2. The SMILES string of the molecule is O=C(O)CCC(CN1c2ccc(Br)cc2C2(CCCCC2)c2cc(Br)ccc21)C(=O)O. The summed E-state index contributed by atoms with van der Waals surface area (Å²) in [5, 5.41) is 18.9. The fourth-order valence-corrected chi connectivity index (χ4v) is 5.95. The highest BCUT2D eigenvalue weighted by Gasteiger charge is 2.44. The van der Waals surface area contributed by atoms with Crippen LogP contribution in [0.1, 0.15) is 56.1 Å². The van der Waals surface area contributed by atoms with Gasteiger partial charge in [0.15, 0.2) is 0 Å². The Bertz CT molecular complexity index is 961. The summed E-state index contributed by atoms with van der Waals surface area (Å²) in [7, 11) is 0. The molecule has 0 radical (unpaired) electrons. The van der Waals surface area contributed by atoms with Crippen LogP contribution in [0.3, 0.4) is 0 Å². The van der Waals surface area contributed by atoms with Crippen LogP contribution in [0.4, 0.5) is 11.4 Å². The van der Waals surface area contributed by atoms with Crippen molar-refractivity contribution in [3.8, 4) is 0 Å². The Kier molecular flexibility index (Phi) is 6.44. The summed E-state index contributed by atoms with van der Waals surface area (Å²) < 4.78 is 2.02. The molecule has 2 N–H and O–H groups in total. The second-order valence-electron chi connectivity index (χ2n) is 8.54. The van der Waals surface area contributed by atoms with Crippen LogP contribution in [0, 0.1) is 5.92 Å². The average Bonchev–Trinajstić information content (AvgIpc) is 2.74. The zero-order valence-electron chi connectivity index (χ0n) is 17.1. The molecule has 2 aromatic carbocycles. The fraction of sp³-hybridized carbons (Fsp3) is 0.417. The van der Waals surface area contributed by atoms with Crippen molar-refractivity contribution in [2.45, 2.75) is 50.4 Å². The molecule has 2 aliphatic rings. The van der Waals surface area contributed by atoms with E-state index >= 15 is 0 Å². The summed E-state index contributed by atoms with van der Waals surface area (Å²) in [6, 6.07) is 12.5. The molecule has 1 heterocycles. The number of anilines is 2. The van der Waals surface area contributed by atoms with Crippen LogP contribution in [-0.4, -0.2) is 28.7 Å². The topological polar surface area (TPSA) is 77.8 Å². The second-order valence-corrected chi connectivity index (χ2v) is 10.4. The molecule has 7 heteroatoms. The van der Waals surface area contributed by atoms with E-state index in [1.807, 2.05) is 12.1 Å². The number of carboxylic acids is 2. The van der Waals surface area contributed by atoms with E-state index in [1.165, 1.54) is 17.5 Å². The highest BCUT2D eigenvalue weighted by atomic mass is 79.9. The van der Waals surface area contributed by atoms with Gasteiger partial charge in [-0.15, -0.1) is 0 Å². The minimum absolute atomic E-state index is 0.0905. The van der Waals surface area contributed by atoms with Crippen molar-refractivity contribution in [3.05, 3.63) is 56.5 Å². The third-order valence-corrected chi connectivity index (χ3v) is 7.68. The lowest BCUT2D eigenvalue weighted by Gasteiger charge is -2.48. The van der Waals surface area contributed by atoms with Crippen molar-refractivity contribution in [1.29, 1.82) is 0 Å². The molecular weight excluding hydrogens is 526 g/mol. The van der Waals surface area contributed by atoms with E-state index in [1.54, 1.807) is 0 Å². The van der Waals surface area contributed by atoms with Gasteiger partial charge < -0.3 is 15.1 Å². The second kappa shape index (κ2) is 8.94. The normalized spacial score (nSPS) is 17.7. The van der Waals surface area contributed by atoms with Crippen LogP contribution in [0.5, 0.6) is 0 Å². The molecule has 2 aromatic rings. The minimum atomic E-state index is -0.972. The van der Waals surface area contributed by atoms with E-state index in [0.717, 1.165) is 46.0 Å². The maximum absolute atomic E-state index is 12.0. The van der Waals surface area contributed by atoms with E-state index in [2.05, 4.69) is 61.0 Å². The van der Waals surface area contributed by atoms with Crippen molar-refractivity contribution >= 4 is 55.2 Å². The Balaban J connectivity index is 1.85. The van der Waals surface area contributed by atoms with Crippen LogP contribution in [0.2, 0.25) is 0 Å². The summed E-state index contributed by atoms with van der Waals surface area (Å²) in [5.41, 5.74) is 4.43. The van der Waals surface area contributed by atoms with Crippen LogP contribution in [0.15, 0.2) is 45.3 Å². The molecule has 4 rings (SSSR count). The van der Waals surface area contributed by atoms with Crippen molar-refractivity contribution in [3.63, 3.8) is 0 Å². The first-order valence-electron chi connectivity index (χ1n) is 10.6. The number of aliphatic carboxylic acids is 2. The van der Waals surface area contributed by atoms with Gasteiger partial charge in [0.2, 0.25) is 0 Å². The molecule has 1 atom stereocenters. The number of halogens is 2. The van der Waals surface area contributed by atoms with Crippen LogP contribution in [0.25, 0.3) is 0 Å². The Morgan fingerprint density at radius 2 is 1.48 bits per heavy atom. The van der Waals surface area contributed by atoms with Gasteiger partial charge in [-0.2, -0.15) is 0 Å². The third-order valence-electron chi connectivity index (χ3n) is 6.70. The number of benzene rings is 2. The number of rotatable bonds is 6. The predicted molar refractivity (Wildman–Crippen MR) is 127 cm³/mol. The van der Waals surface area contributed by atoms with Gasteiger partial charge >= 0.3 is 11.9 Å². The van der Waals surface area contributed by atoms with E-state index in [9.17, 15) is 14.7 Å². The first-order chi connectivity index (χ1) is 14.8. The summed E-state index contributed by atoms with van der Waals surface area (Å²) >= 11 is 7.28. The van der Waals surface area contributed by atoms with Crippen LogP contribution < -0.4 is 4.90 Å². The van der Waals surface area contributed by atoms with Gasteiger partial charge in [0, 0.05) is 38.7 Å². The molecule has 1 unspecified atom stereocenters. The van der Waals surface area contributed by atoms with Gasteiger partial charge in [-0.1, -0.05) is 51.1 Å². The summed E-state index contributed by atoms with van der Waals surface area (Å²) in [6.45, 7) is 0.238. The zero-order valence-corrected chi connectivity index (χ0v) is 20.3. The van der Waals surface area contributed by atoms with Crippen LogP contribution >= 0.6 is 31.9 Å². The smallest absolute Gasteiger partial charge is 0.308 e. The Labute approximate surface area is 198 Å². The Morgan fingerprint density at radius 1 is 0.935 bits per heavy atom. The number of fused-ring (bicyclic) bond motifs is 4. The average molecular weight is 551 g/mol. The molecule has 1 fully saturated rings. The van der Waals surface area contributed by atoms with Gasteiger partial charge in [0.1, 0.15) is 0 Å². The van der Waals surface area contributed by atoms with E-state index in [4.69, 9.17) is 5.11 Å². The molecule has 1 aliphatic carbocycles. The van der Waals surface area contributed by atoms with Gasteiger partial charge in [-0.25, -0.2) is 0 Å². The van der Waals surface area contributed by atoms with Gasteiger partial charge in [-0.05, 0) is 66.8 Å². The highest BCUT2D eigenvalue weighted by Crippen LogP contribution is 2.56. The maximum atomic E-state index is 12.0. The molecule has 1 aliphatic heterocycles. The van der Waals surface area contributed by atoms with Crippen molar-refractivity contribution in [2.75, 3.05) is 11.4 Å². The monoisotopic (exact) mass is 549 g/mol. The lowest BCUT2D eigenvalue weighted by Crippen LogP contribution is -2.41. The van der Waals surface area contributed by atoms with Crippen molar-refractivity contribution < 1.29 is 19.8 Å². The molecule has 0 saturated heterocycles. The minimum Gasteiger partial charge on any atom is -0.481 e. The number of hydrogen-bond donors (Lipinski definition) is 2. The quantitative estimate of drug-likeness (QED) is 0.430. The lowest BCUT2D eigenvalue weighted by molar-refractivity contribution is -0.142. The fourth-order valence-electron chi connectivity index (χ4n) is 5.23. The predicted octanol–water partition coefficient (Wildman–Crippen LogP) is 6.48. The standard InChI is InChI=1S/C24H25Br2NO4/c25-16-5-7-20-18(12-16)24(10-2-1-3-11-24)19-13-17(26)6-8-21(19)27(20)14-15(23(30)31)4-9-22(28)29/h5-8,12-13,15H,1-4,9-11,14H2,(H,28,29)(H,30,31). The third kappa shape index (κ3) is 4.27. The molecule has 1 saturated carbocycles. The highest BCUT2D eigenvalue weighted by molar-refractivity contribution is 9.10. The number of carboxylic acid groups (broad SMARTS) is 2. The van der Waals surface area contributed by atoms with E-state index in [0.29, 0.717) is 0 Å². The first kappa shape index (κ1) is 22.3. The molecule has 0 amide bonds. The molecule has 5 nitrogen and oxygen atoms in total. The van der Waals surface area contributed by atoms with Gasteiger partial charge in [-0.3, -0.25) is 9.59 Å². The van der Waals surface area contributed by atoms with Gasteiger partial charge in [0.05, 0.1) is 5.92 Å². The summed E-state index contributed by atoms with van der Waals surface area (Å²) in [6.07, 6.45) is 5.63. The molecule has 31 heavy (non-hydrogen) atoms. The molecular formula is C24H25Br2NO4. The molecule has 164 valence electrons. The maximum Gasteiger partial charge on any atom is 0.308 e. The number of nitrogens with zero attached hydrogens (tertiary/aromatic N) is 1.